The van der Waals surface area contributed by atoms with Gasteiger partial charge in [0.25, 0.3) is 0 Å². The van der Waals surface area contributed by atoms with Gasteiger partial charge in [-0.15, -0.1) is 11.8 Å². The predicted octanol–water partition coefficient (Wildman–Crippen LogP) is 4.06. The highest BCUT2D eigenvalue weighted by Crippen LogP contribution is 2.28. The fraction of sp³-hybridized carbons (Fsp3) is 0.500. The van der Waals surface area contributed by atoms with Gasteiger partial charge in [-0.05, 0) is 43.4 Å². The van der Waals surface area contributed by atoms with E-state index in [1.165, 1.54) is 16.0 Å². The summed E-state index contributed by atoms with van der Waals surface area (Å²) in [7, 11) is 1.70. The molecule has 0 amide bonds. The summed E-state index contributed by atoms with van der Waals surface area (Å²) in [5.41, 5.74) is 2.58. The number of hydrogen-bond donors (Lipinski definition) is 0. The van der Waals surface area contributed by atoms with Crippen LogP contribution in [0, 0.1) is 13.8 Å². The molecular weight excluding hydrogens is 192 g/mol. The molecule has 14 heavy (non-hydrogen) atoms. The average Bonchev–Trinajstić information content (AvgIpc) is 2.20. The van der Waals surface area contributed by atoms with Crippen molar-refractivity contribution in [3.05, 3.63) is 23.3 Å². The van der Waals surface area contributed by atoms with Gasteiger partial charge in [0.05, 0.1) is 7.11 Å². The van der Waals surface area contributed by atoms with E-state index < -0.39 is 0 Å². The number of benzene rings is 1. The van der Waals surface area contributed by atoms with Crippen LogP contribution in [0.5, 0.6) is 5.75 Å². The van der Waals surface area contributed by atoms with Gasteiger partial charge in [0.15, 0.2) is 0 Å². The summed E-state index contributed by atoms with van der Waals surface area (Å²) in [4.78, 5) is 1.36. The van der Waals surface area contributed by atoms with Crippen molar-refractivity contribution in [2.45, 2.75) is 32.6 Å². The molecule has 0 atom stereocenters. The third-order valence-electron chi connectivity index (χ3n) is 1.87. The van der Waals surface area contributed by atoms with Gasteiger partial charge in [-0.25, -0.2) is 0 Å². The van der Waals surface area contributed by atoms with Crippen LogP contribution in [0.4, 0.5) is 0 Å². The van der Waals surface area contributed by atoms with Crippen LogP contribution in [0.3, 0.4) is 0 Å². The van der Waals surface area contributed by atoms with Crippen LogP contribution in [0.25, 0.3) is 0 Å². The molecule has 1 aromatic carbocycles. The summed E-state index contributed by atoms with van der Waals surface area (Å²) in [5, 5.41) is 0. The van der Waals surface area contributed by atoms with E-state index in [0.717, 1.165) is 5.75 Å². The second-order valence-corrected chi connectivity index (χ2v) is 3.61. The second kappa shape index (κ2) is 6.77. The third kappa shape index (κ3) is 3.26. The zero-order chi connectivity index (χ0) is 11.1. The van der Waals surface area contributed by atoms with Crippen LogP contribution >= 0.6 is 11.8 Å². The summed E-state index contributed by atoms with van der Waals surface area (Å²) in [6.07, 6.45) is 2.10. The molecule has 0 aromatic heterocycles. The monoisotopic (exact) mass is 212 g/mol. The molecule has 0 saturated heterocycles. The Balaban J connectivity index is 0.000000791. The van der Waals surface area contributed by atoms with E-state index in [1.807, 2.05) is 13.8 Å². The maximum Gasteiger partial charge on any atom is 0.119 e. The Morgan fingerprint density at radius 3 is 1.79 bits per heavy atom. The SMILES string of the molecule is CC.COc1cc(C)c(SC)c(C)c1. The fourth-order valence-electron chi connectivity index (χ4n) is 1.35. The minimum absolute atomic E-state index is 0.947. The smallest absolute Gasteiger partial charge is 0.119 e. The normalized spacial score (nSPS) is 9.00. The minimum Gasteiger partial charge on any atom is -0.497 e. The van der Waals surface area contributed by atoms with Gasteiger partial charge in [-0.2, -0.15) is 0 Å². The molecule has 0 aliphatic rings. The quantitative estimate of drug-likeness (QED) is 0.684. The molecular formula is C12H20OS. The molecule has 1 rings (SSSR count). The van der Waals surface area contributed by atoms with Crippen molar-refractivity contribution in [3.8, 4) is 5.75 Å². The Morgan fingerprint density at radius 1 is 1.07 bits per heavy atom. The summed E-state index contributed by atoms with van der Waals surface area (Å²) < 4.78 is 5.17. The molecule has 0 aliphatic heterocycles. The lowest BCUT2D eigenvalue weighted by Gasteiger charge is -2.09. The van der Waals surface area contributed by atoms with Gasteiger partial charge < -0.3 is 4.74 Å². The number of rotatable bonds is 2. The Bertz CT molecular complexity index is 259. The number of ether oxygens (including phenoxy) is 1. The summed E-state index contributed by atoms with van der Waals surface area (Å²) >= 11 is 1.79. The maximum atomic E-state index is 5.17. The first-order valence-corrected chi connectivity index (χ1v) is 6.10. The van der Waals surface area contributed by atoms with Gasteiger partial charge in [0.2, 0.25) is 0 Å². The second-order valence-electron chi connectivity index (χ2n) is 2.79. The largest absolute Gasteiger partial charge is 0.497 e. The zero-order valence-corrected chi connectivity index (χ0v) is 10.8. The number of methoxy groups -OCH3 is 1. The van der Waals surface area contributed by atoms with Crippen LogP contribution < -0.4 is 4.74 Å². The van der Waals surface area contributed by atoms with Crippen LogP contribution in [-0.2, 0) is 0 Å². The topological polar surface area (TPSA) is 9.23 Å². The average molecular weight is 212 g/mol. The van der Waals surface area contributed by atoms with Crippen molar-refractivity contribution < 1.29 is 4.74 Å². The Hall–Kier alpha value is -0.630. The maximum absolute atomic E-state index is 5.17. The van der Waals surface area contributed by atoms with Gasteiger partial charge in [-0.1, -0.05) is 13.8 Å². The van der Waals surface area contributed by atoms with E-state index in [9.17, 15) is 0 Å². The molecule has 2 heteroatoms. The summed E-state index contributed by atoms with van der Waals surface area (Å²) in [6.45, 7) is 8.22. The van der Waals surface area contributed by atoms with Crippen molar-refractivity contribution in [2.24, 2.45) is 0 Å². The number of hydrogen-bond acceptors (Lipinski definition) is 2. The first kappa shape index (κ1) is 13.4. The standard InChI is InChI=1S/C10H14OS.C2H6/c1-7-5-9(11-3)6-8(2)10(7)12-4;1-2/h5-6H,1-4H3;1-2H3. The zero-order valence-electron chi connectivity index (χ0n) is 9.97. The molecule has 0 fully saturated rings. The van der Waals surface area contributed by atoms with E-state index in [1.54, 1.807) is 18.9 Å². The fourth-order valence-corrected chi connectivity index (χ4v) is 2.11. The van der Waals surface area contributed by atoms with Gasteiger partial charge in [0.1, 0.15) is 5.75 Å². The highest BCUT2D eigenvalue weighted by Gasteiger charge is 2.03. The van der Waals surface area contributed by atoms with Crippen molar-refractivity contribution in [2.75, 3.05) is 13.4 Å². The molecule has 80 valence electrons. The number of thioether (sulfide) groups is 1. The van der Waals surface area contributed by atoms with Crippen molar-refractivity contribution in [3.63, 3.8) is 0 Å². The first-order valence-electron chi connectivity index (χ1n) is 4.88. The Morgan fingerprint density at radius 2 is 1.50 bits per heavy atom. The predicted molar refractivity (Wildman–Crippen MR) is 65.6 cm³/mol. The molecule has 0 unspecified atom stereocenters. The molecule has 0 N–H and O–H groups in total. The molecule has 0 heterocycles. The molecule has 0 saturated carbocycles. The lowest BCUT2D eigenvalue weighted by molar-refractivity contribution is 0.413. The number of aryl methyl sites for hydroxylation is 2. The van der Waals surface area contributed by atoms with E-state index in [2.05, 4.69) is 32.2 Å². The van der Waals surface area contributed by atoms with E-state index in [0.29, 0.717) is 0 Å². The summed E-state index contributed by atoms with van der Waals surface area (Å²) in [6, 6.07) is 4.14. The van der Waals surface area contributed by atoms with Crippen LogP contribution in [-0.4, -0.2) is 13.4 Å². The van der Waals surface area contributed by atoms with Crippen LogP contribution in [0.1, 0.15) is 25.0 Å². The van der Waals surface area contributed by atoms with Gasteiger partial charge >= 0.3 is 0 Å². The molecule has 0 aliphatic carbocycles. The Kier molecular flexibility index (Phi) is 6.46. The first-order chi connectivity index (χ1) is 6.69. The van der Waals surface area contributed by atoms with Crippen molar-refractivity contribution in [1.82, 2.24) is 0 Å². The third-order valence-corrected chi connectivity index (χ3v) is 2.93. The van der Waals surface area contributed by atoms with Gasteiger partial charge in [-0.3, -0.25) is 0 Å². The van der Waals surface area contributed by atoms with Crippen LogP contribution in [0.15, 0.2) is 17.0 Å². The van der Waals surface area contributed by atoms with E-state index >= 15 is 0 Å². The van der Waals surface area contributed by atoms with E-state index in [-0.39, 0.29) is 0 Å². The van der Waals surface area contributed by atoms with E-state index in [4.69, 9.17) is 4.74 Å². The lowest BCUT2D eigenvalue weighted by atomic mass is 10.1. The minimum atomic E-state index is 0.947. The van der Waals surface area contributed by atoms with Gasteiger partial charge in [0, 0.05) is 4.90 Å². The molecule has 0 bridgehead atoms. The Labute approximate surface area is 91.9 Å². The highest BCUT2D eigenvalue weighted by atomic mass is 32.2. The molecule has 1 nitrogen and oxygen atoms in total. The molecule has 0 radical (unpaired) electrons. The lowest BCUT2D eigenvalue weighted by Crippen LogP contribution is -1.89. The highest BCUT2D eigenvalue weighted by molar-refractivity contribution is 7.98. The molecule has 0 spiro atoms. The molecule has 1 aromatic rings. The summed E-state index contributed by atoms with van der Waals surface area (Å²) in [5.74, 6) is 0.947. The van der Waals surface area contributed by atoms with Crippen molar-refractivity contribution in [1.29, 1.82) is 0 Å². The van der Waals surface area contributed by atoms with Crippen molar-refractivity contribution >= 4 is 11.8 Å². The van der Waals surface area contributed by atoms with Crippen LogP contribution in [0.2, 0.25) is 0 Å².